The molecule has 2 aromatic carbocycles. The molecule has 116 valence electrons. The number of aromatic nitrogens is 1. The maximum atomic E-state index is 12.1. The Hall–Kier alpha value is -2.32. The third kappa shape index (κ3) is 2.95. The number of nitrogens with one attached hydrogen (secondary N) is 2. The molecule has 1 aliphatic heterocycles. The standard InChI is InChI=1S/C15H10BrN3O3S/c16-8-1-3-10-13(5-8)23-15(18-10)19-14(20)17-9-2-4-11-12(6-9)22-7-21-11/h1-6H,7H2,(H2,17,18,19,20). The van der Waals surface area contributed by atoms with Gasteiger partial charge in [-0.2, -0.15) is 0 Å². The van der Waals surface area contributed by atoms with E-state index in [1.165, 1.54) is 11.3 Å². The number of hydrogen-bond donors (Lipinski definition) is 2. The molecule has 1 aromatic heterocycles. The van der Waals surface area contributed by atoms with E-state index in [1.54, 1.807) is 18.2 Å². The lowest BCUT2D eigenvalue weighted by molar-refractivity contribution is 0.174. The Morgan fingerprint density at radius 2 is 2.00 bits per heavy atom. The molecule has 6 nitrogen and oxygen atoms in total. The van der Waals surface area contributed by atoms with Crippen molar-refractivity contribution in [1.82, 2.24) is 4.98 Å². The van der Waals surface area contributed by atoms with E-state index in [-0.39, 0.29) is 12.8 Å². The number of amides is 2. The van der Waals surface area contributed by atoms with E-state index in [4.69, 9.17) is 9.47 Å². The molecule has 0 saturated heterocycles. The van der Waals surface area contributed by atoms with E-state index in [0.29, 0.717) is 22.3 Å². The van der Waals surface area contributed by atoms with Gasteiger partial charge < -0.3 is 14.8 Å². The molecule has 0 aliphatic carbocycles. The van der Waals surface area contributed by atoms with Gasteiger partial charge in [-0.3, -0.25) is 5.32 Å². The average molecular weight is 392 g/mol. The van der Waals surface area contributed by atoms with Crippen molar-refractivity contribution >= 4 is 54.3 Å². The van der Waals surface area contributed by atoms with Crippen LogP contribution in [0.3, 0.4) is 0 Å². The molecule has 0 atom stereocenters. The number of carbonyl (C=O) groups excluding carboxylic acids is 1. The predicted octanol–water partition coefficient (Wildman–Crippen LogP) is 4.43. The van der Waals surface area contributed by atoms with Crippen LogP contribution in [0.4, 0.5) is 15.6 Å². The Kier molecular flexibility index (Phi) is 3.55. The van der Waals surface area contributed by atoms with Gasteiger partial charge in [0.1, 0.15) is 0 Å². The topological polar surface area (TPSA) is 72.5 Å². The lowest BCUT2D eigenvalue weighted by Gasteiger charge is -2.06. The third-order valence-electron chi connectivity index (χ3n) is 3.20. The highest BCUT2D eigenvalue weighted by Crippen LogP contribution is 2.34. The summed E-state index contributed by atoms with van der Waals surface area (Å²) in [7, 11) is 0. The van der Waals surface area contributed by atoms with Crippen molar-refractivity contribution in [2.75, 3.05) is 17.4 Å². The number of anilines is 2. The molecular formula is C15H10BrN3O3S. The van der Waals surface area contributed by atoms with Crippen LogP contribution in [0.2, 0.25) is 0 Å². The van der Waals surface area contributed by atoms with E-state index in [1.807, 2.05) is 18.2 Å². The van der Waals surface area contributed by atoms with Crippen molar-refractivity contribution in [2.45, 2.75) is 0 Å². The van der Waals surface area contributed by atoms with Crippen molar-refractivity contribution in [3.63, 3.8) is 0 Å². The fourth-order valence-corrected chi connectivity index (χ4v) is 3.60. The third-order valence-corrected chi connectivity index (χ3v) is 4.63. The molecule has 0 fully saturated rings. The maximum absolute atomic E-state index is 12.1. The summed E-state index contributed by atoms with van der Waals surface area (Å²) in [5, 5.41) is 6.02. The van der Waals surface area contributed by atoms with Gasteiger partial charge in [-0.1, -0.05) is 27.3 Å². The number of benzene rings is 2. The van der Waals surface area contributed by atoms with Crippen LogP contribution in [-0.4, -0.2) is 17.8 Å². The first-order valence-corrected chi connectivity index (χ1v) is 8.32. The van der Waals surface area contributed by atoms with E-state index < -0.39 is 0 Å². The van der Waals surface area contributed by atoms with Gasteiger partial charge in [-0.25, -0.2) is 9.78 Å². The van der Waals surface area contributed by atoms with Crippen LogP contribution in [0, 0.1) is 0 Å². The van der Waals surface area contributed by atoms with Crippen LogP contribution in [0.15, 0.2) is 40.9 Å². The molecule has 3 aromatic rings. The van der Waals surface area contributed by atoms with E-state index in [0.717, 1.165) is 14.7 Å². The van der Waals surface area contributed by atoms with Gasteiger partial charge in [0.25, 0.3) is 0 Å². The predicted molar refractivity (Wildman–Crippen MR) is 92.5 cm³/mol. The van der Waals surface area contributed by atoms with Crippen molar-refractivity contribution in [2.24, 2.45) is 0 Å². The Bertz CT molecular complexity index is 912. The number of carbonyl (C=O) groups is 1. The van der Waals surface area contributed by atoms with Crippen LogP contribution < -0.4 is 20.1 Å². The smallest absolute Gasteiger partial charge is 0.325 e. The monoisotopic (exact) mass is 391 g/mol. The largest absolute Gasteiger partial charge is 0.454 e. The molecule has 2 heterocycles. The van der Waals surface area contributed by atoms with Gasteiger partial charge in [-0.15, -0.1) is 0 Å². The summed E-state index contributed by atoms with van der Waals surface area (Å²) in [6, 6.07) is 10.7. The van der Waals surface area contributed by atoms with Crippen LogP contribution in [0.5, 0.6) is 11.5 Å². The minimum Gasteiger partial charge on any atom is -0.454 e. The minimum atomic E-state index is -0.359. The van der Waals surface area contributed by atoms with Crippen molar-refractivity contribution in [3.05, 3.63) is 40.9 Å². The number of nitrogens with zero attached hydrogens (tertiary/aromatic N) is 1. The van der Waals surface area contributed by atoms with Crippen molar-refractivity contribution in [1.29, 1.82) is 0 Å². The number of thiazole rings is 1. The highest BCUT2D eigenvalue weighted by atomic mass is 79.9. The van der Waals surface area contributed by atoms with Gasteiger partial charge in [0.05, 0.1) is 10.2 Å². The summed E-state index contributed by atoms with van der Waals surface area (Å²) in [6.07, 6.45) is 0. The summed E-state index contributed by atoms with van der Waals surface area (Å²) in [4.78, 5) is 16.5. The second-order valence-corrected chi connectivity index (χ2v) is 6.72. The number of urea groups is 1. The molecular weight excluding hydrogens is 382 g/mol. The Morgan fingerprint density at radius 3 is 2.91 bits per heavy atom. The number of ether oxygens (including phenoxy) is 2. The van der Waals surface area contributed by atoms with E-state index >= 15 is 0 Å². The zero-order chi connectivity index (χ0) is 15.8. The lowest BCUT2D eigenvalue weighted by atomic mass is 10.3. The molecule has 0 bridgehead atoms. The highest BCUT2D eigenvalue weighted by molar-refractivity contribution is 9.10. The van der Waals surface area contributed by atoms with Crippen molar-refractivity contribution in [3.8, 4) is 11.5 Å². The Labute approximate surface area is 143 Å². The van der Waals surface area contributed by atoms with Crippen LogP contribution >= 0.6 is 27.3 Å². The summed E-state index contributed by atoms with van der Waals surface area (Å²) >= 11 is 4.83. The van der Waals surface area contributed by atoms with Gasteiger partial charge in [0.2, 0.25) is 6.79 Å². The normalized spacial score (nSPS) is 12.4. The van der Waals surface area contributed by atoms with Gasteiger partial charge in [0.15, 0.2) is 16.6 Å². The Balaban J connectivity index is 1.48. The molecule has 0 radical (unpaired) electrons. The number of halogens is 1. The molecule has 0 unspecified atom stereocenters. The van der Waals surface area contributed by atoms with Crippen LogP contribution in [0.25, 0.3) is 10.2 Å². The van der Waals surface area contributed by atoms with E-state index in [9.17, 15) is 4.79 Å². The summed E-state index contributed by atoms with van der Waals surface area (Å²) in [5.41, 5.74) is 1.46. The van der Waals surface area contributed by atoms with Crippen LogP contribution in [-0.2, 0) is 0 Å². The van der Waals surface area contributed by atoms with E-state index in [2.05, 4.69) is 31.5 Å². The second-order valence-electron chi connectivity index (χ2n) is 4.78. The highest BCUT2D eigenvalue weighted by Gasteiger charge is 2.14. The molecule has 0 spiro atoms. The molecule has 2 amide bonds. The summed E-state index contributed by atoms with van der Waals surface area (Å²) < 4.78 is 12.5. The van der Waals surface area contributed by atoms with Crippen LogP contribution in [0.1, 0.15) is 0 Å². The first-order chi connectivity index (χ1) is 11.2. The molecule has 2 N–H and O–H groups in total. The number of hydrogen-bond acceptors (Lipinski definition) is 5. The summed E-state index contributed by atoms with van der Waals surface area (Å²) in [5.74, 6) is 1.29. The van der Waals surface area contributed by atoms with Gasteiger partial charge >= 0.3 is 6.03 Å². The number of fused-ring (bicyclic) bond motifs is 2. The second kappa shape index (κ2) is 5.71. The minimum absolute atomic E-state index is 0.201. The first-order valence-electron chi connectivity index (χ1n) is 6.71. The lowest BCUT2D eigenvalue weighted by Crippen LogP contribution is -2.19. The molecule has 1 aliphatic rings. The number of rotatable bonds is 2. The summed E-state index contributed by atoms with van der Waals surface area (Å²) in [6.45, 7) is 0.201. The molecule has 0 saturated carbocycles. The molecule has 23 heavy (non-hydrogen) atoms. The van der Waals surface area contributed by atoms with Crippen molar-refractivity contribution < 1.29 is 14.3 Å². The molecule has 4 rings (SSSR count). The zero-order valence-electron chi connectivity index (χ0n) is 11.6. The maximum Gasteiger partial charge on any atom is 0.325 e. The fourth-order valence-electron chi connectivity index (χ4n) is 2.19. The SMILES string of the molecule is O=C(Nc1ccc2c(c1)OCO2)Nc1nc2ccc(Br)cc2s1. The zero-order valence-corrected chi connectivity index (χ0v) is 14.0. The first kappa shape index (κ1) is 14.3. The molecule has 8 heteroatoms. The fraction of sp³-hybridized carbons (Fsp3) is 0.0667. The van der Waals surface area contributed by atoms with Gasteiger partial charge in [0, 0.05) is 16.2 Å². The quantitative estimate of drug-likeness (QED) is 0.677. The van der Waals surface area contributed by atoms with Gasteiger partial charge in [-0.05, 0) is 30.3 Å². The average Bonchev–Trinajstić information content (AvgIpc) is 3.11. The Morgan fingerprint density at radius 1 is 1.13 bits per heavy atom.